The fourth-order valence-corrected chi connectivity index (χ4v) is 7.71. The number of furan rings is 1. The standard InChI is InChI=1S/C51H43FN2O/c1-32(2)35-8-18-43(19-9-35)53(42-16-6-34(5)7-17-42)46-22-12-37-28-48-49-29-38-13-23-47(27-40(38)31-51(49)55-50(48)30-39(37)26-46)54(45-24-14-41(52)15-25-45)44-20-10-36(11-21-44)33(3)4/h6-33H,1-5H3. The van der Waals surface area contributed by atoms with Crippen LogP contribution in [0, 0.1) is 12.7 Å². The number of nitrogens with zero attached hydrogens (tertiary/aromatic N) is 2. The first-order valence-corrected chi connectivity index (χ1v) is 19.1. The average molecular weight is 719 g/mol. The Morgan fingerprint density at radius 1 is 0.400 bits per heavy atom. The first-order valence-electron chi connectivity index (χ1n) is 19.1. The van der Waals surface area contributed by atoms with Gasteiger partial charge in [-0.1, -0.05) is 81.8 Å². The van der Waals surface area contributed by atoms with Gasteiger partial charge in [-0.05, 0) is 161 Å². The Balaban J connectivity index is 1.13. The van der Waals surface area contributed by atoms with Gasteiger partial charge in [-0.2, -0.15) is 0 Å². The molecule has 0 N–H and O–H groups in total. The van der Waals surface area contributed by atoms with Gasteiger partial charge in [0.1, 0.15) is 17.0 Å². The van der Waals surface area contributed by atoms with Gasteiger partial charge in [0.05, 0.1) is 0 Å². The third-order valence-corrected chi connectivity index (χ3v) is 10.9. The van der Waals surface area contributed by atoms with Crippen LogP contribution in [0.25, 0.3) is 43.5 Å². The summed E-state index contributed by atoms with van der Waals surface area (Å²) < 4.78 is 20.7. The zero-order chi connectivity index (χ0) is 37.8. The molecular weight excluding hydrogens is 676 g/mol. The summed E-state index contributed by atoms with van der Waals surface area (Å²) in [5, 5.41) is 6.66. The third-order valence-electron chi connectivity index (χ3n) is 10.9. The average Bonchev–Trinajstić information content (AvgIpc) is 3.53. The predicted octanol–water partition coefficient (Wildman–Crippen LogP) is 15.5. The van der Waals surface area contributed by atoms with Gasteiger partial charge in [-0.15, -0.1) is 0 Å². The molecule has 0 aliphatic heterocycles. The second kappa shape index (κ2) is 13.8. The Morgan fingerprint density at radius 2 is 0.764 bits per heavy atom. The summed E-state index contributed by atoms with van der Waals surface area (Å²) in [5.41, 5.74) is 11.7. The second-order valence-electron chi connectivity index (χ2n) is 15.3. The molecule has 0 spiro atoms. The lowest BCUT2D eigenvalue weighted by atomic mass is 10.0. The van der Waals surface area contributed by atoms with Crippen molar-refractivity contribution < 1.29 is 8.81 Å². The van der Waals surface area contributed by atoms with Crippen LogP contribution >= 0.6 is 0 Å². The van der Waals surface area contributed by atoms with Crippen molar-refractivity contribution in [2.75, 3.05) is 9.80 Å². The van der Waals surface area contributed by atoms with Crippen LogP contribution in [0.15, 0.2) is 162 Å². The number of rotatable bonds is 8. The maximum absolute atomic E-state index is 14.0. The number of hydrogen-bond acceptors (Lipinski definition) is 3. The van der Waals surface area contributed by atoms with E-state index in [2.05, 4.69) is 178 Å². The van der Waals surface area contributed by atoms with Gasteiger partial charge in [-0.25, -0.2) is 4.39 Å². The smallest absolute Gasteiger partial charge is 0.136 e. The Labute approximate surface area is 321 Å². The molecule has 0 saturated heterocycles. The highest BCUT2D eigenvalue weighted by Gasteiger charge is 2.18. The largest absolute Gasteiger partial charge is 0.456 e. The normalized spacial score (nSPS) is 11.8. The van der Waals surface area contributed by atoms with Crippen molar-refractivity contribution in [3.05, 3.63) is 180 Å². The summed E-state index contributed by atoms with van der Waals surface area (Å²) in [6.07, 6.45) is 0. The molecule has 0 atom stereocenters. The Hall–Kier alpha value is -6.39. The molecule has 55 heavy (non-hydrogen) atoms. The van der Waals surface area contributed by atoms with Crippen molar-refractivity contribution in [3.8, 4) is 0 Å². The van der Waals surface area contributed by atoms with E-state index in [1.165, 1.54) is 28.8 Å². The van der Waals surface area contributed by atoms with Crippen LogP contribution in [0.3, 0.4) is 0 Å². The van der Waals surface area contributed by atoms with Gasteiger partial charge < -0.3 is 14.2 Å². The van der Waals surface area contributed by atoms with E-state index < -0.39 is 0 Å². The molecule has 0 radical (unpaired) electrons. The molecule has 0 unspecified atom stereocenters. The van der Waals surface area contributed by atoms with Gasteiger partial charge in [0.15, 0.2) is 0 Å². The molecule has 3 nitrogen and oxygen atoms in total. The zero-order valence-electron chi connectivity index (χ0n) is 31.8. The highest BCUT2D eigenvalue weighted by molar-refractivity contribution is 6.14. The number of halogens is 1. The highest BCUT2D eigenvalue weighted by Crippen LogP contribution is 2.41. The van der Waals surface area contributed by atoms with Gasteiger partial charge in [-0.3, -0.25) is 0 Å². The van der Waals surface area contributed by atoms with Gasteiger partial charge in [0.25, 0.3) is 0 Å². The van der Waals surface area contributed by atoms with Gasteiger partial charge >= 0.3 is 0 Å². The van der Waals surface area contributed by atoms with Crippen molar-refractivity contribution in [2.24, 2.45) is 0 Å². The lowest BCUT2D eigenvalue weighted by molar-refractivity contribution is 0.628. The van der Waals surface area contributed by atoms with Crippen LogP contribution in [0.4, 0.5) is 38.5 Å². The molecule has 0 aliphatic carbocycles. The van der Waals surface area contributed by atoms with Gasteiger partial charge in [0.2, 0.25) is 0 Å². The van der Waals surface area contributed by atoms with E-state index in [1.807, 2.05) is 12.1 Å². The number of anilines is 6. The monoisotopic (exact) mass is 718 g/mol. The molecule has 0 aliphatic rings. The van der Waals surface area contributed by atoms with Crippen molar-refractivity contribution in [2.45, 2.75) is 46.5 Å². The number of benzene rings is 8. The summed E-state index contributed by atoms with van der Waals surface area (Å²) in [6, 6.07) is 55.0. The van der Waals surface area contributed by atoms with Crippen LogP contribution in [-0.2, 0) is 0 Å². The summed E-state index contributed by atoms with van der Waals surface area (Å²) in [4.78, 5) is 4.50. The molecule has 0 fully saturated rings. The maximum Gasteiger partial charge on any atom is 0.136 e. The van der Waals surface area contributed by atoms with E-state index in [1.54, 1.807) is 0 Å². The van der Waals surface area contributed by atoms with Crippen LogP contribution in [0.1, 0.15) is 56.2 Å². The first-order chi connectivity index (χ1) is 26.7. The molecule has 1 heterocycles. The molecule has 8 aromatic carbocycles. The minimum Gasteiger partial charge on any atom is -0.456 e. The number of aryl methyl sites for hydroxylation is 1. The quantitative estimate of drug-likeness (QED) is 0.156. The van der Waals surface area contributed by atoms with Crippen molar-refractivity contribution >= 4 is 77.6 Å². The minimum absolute atomic E-state index is 0.256. The van der Waals surface area contributed by atoms with E-state index in [4.69, 9.17) is 4.42 Å². The van der Waals surface area contributed by atoms with Crippen molar-refractivity contribution in [1.82, 2.24) is 0 Å². The molecule has 9 rings (SSSR count). The van der Waals surface area contributed by atoms with Crippen LogP contribution in [0.5, 0.6) is 0 Å². The van der Waals surface area contributed by atoms with Crippen LogP contribution in [0.2, 0.25) is 0 Å². The summed E-state index contributed by atoms with van der Waals surface area (Å²) in [6.45, 7) is 11.0. The summed E-state index contributed by atoms with van der Waals surface area (Å²) in [7, 11) is 0. The Kier molecular flexibility index (Phi) is 8.62. The zero-order valence-corrected chi connectivity index (χ0v) is 31.8. The molecule has 9 aromatic rings. The minimum atomic E-state index is -0.256. The van der Waals surface area contributed by atoms with E-state index in [9.17, 15) is 4.39 Å². The van der Waals surface area contributed by atoms with Crippen molar-refractivity contribution in [1.29, 1.82) is 0 Å². The van der Waals surface area contributed by atoms with Crippen molar-refractivity contribution in [3.63, 3.8) is 0 Å². The van der Waals surface area contributed by atoms with Crippen LogP contribution < -0.4 is 9.80 Å². The molecule has 270 valence electrons. The topological polar surface area (TPSA) is 19.6 Å². The predicted molar refractivity (Wildman–Crippen MR) is 231 cm³/mol. The van der Waals surface area contributed by atoms with E-state index in [-0.39, 0.29) is 5.82 Å². The molecular formula is C51H43FN2O. The molecule has 4 heteroatoms. The maximum atomic E-state index is 14.0. The van der Waals surface area contributed by atoms with Gasteiger partial charge in [0, 0.05) is 44.9 Å². The van der Waals surface area contributed by atoms with E-state index >= 15 is 0 Å². The number of fused-ring (bicyclic) bond motifs is 5. The third kappa shape index (κ3) is 6.48. The highest BCUT2D eigenvalue weighted by atomic mass is 19.1. The second-order valence-corrected chi connectivity index (χ2v) is 15.3. The summed E-state index contributed by atoms with van der Waals surface area (Å²) in [5.74, 6) is 0.645. The Morgan fingerprint density at radius 3 is 1.16 bits per heavy atom. The lowest BCUT2D eigenvalue weighted by Crippen LogP contribution is -2.10. The van der Waals surface area contributed by atoms with E-state index in [0.29, 0.717) is 11.8 Å². The van der Waals surface area contributed by atoms with E-state index in [0.717, 1.165) is 77.6 Å². The molecule has 1 aromatic heterocycles. The summed E-state index contributed by atoms with van der Waals surface area (Å²) >= 11 is 0. The number of hydrogen-bond donors (Lipinski definition) is 0. The lowest BCUT2D eigenvalue weighted by Gasteiger charge is -2.26. The fraction of sp³-hybridized carbons (Fsp3) is 0.137. The first kappa shape index (κ1) is 34.4. The molecule has 0 bridgehead atoms. The Bertz CT molecular complexity index is 2620. The molecule has 0 amide bonds. The molecule has 0 saturated carbocycles. The SMILES string of the molecule is Cc1ccc(N(c2ccc(C(C)C)cc2)c2ccc3cc4c(cc3c2)oc2cc3cc(N(c5ccc(F)cc5)c5ccc(C(C)C)cc5)ccc3cc24)cc1. The van der Waals surface area contributed by atoms with Crippen LogP contribution in [-0.4, -0.2) is 0 Å². The fourth-order valence-electron chi connectivity index (χ4n) is 7.71.